The molecule has 2 aromatic rings. The van der Waals surface area contributed by atoms with Gasteiger partial charge in [-0.2, -0.15) is 5.26 Å². The molecule has 1 heterocycles. The minimum Gasteiger partial charge on any atom is -0.297 e. The Morgan fingerprint density at radius 3 is 2.71 bits per heavy atom. The number of benzene rings is 1. The third-order valence-corrected chi connectivity index (χ3v) is 2.34. The second-order valence-corrected chi connectivity index (χ2v) is 3.67. The highest BCUT2D eigenvalue weighted by Crippen LogP contribution is 2.06. The Labute approximate surface area is 101 Å². The molecule has 0 saturated carbocycles. The molecule has 0 atom stereocenters. The van der Waals surface area contributed by atoms with Gasteiger partial charge in [0.25, 0.3) is 5.56 Å². The van der Waals surface area contributed by atoms with E-state index in [9.17, 15) is 9.59 Å². The highest BCUT2D eigenvalue weighted by atomic mass is 35.5. The van der Waals surface area contributed by atoms with Crippen molar-refractivity contribution in [3.63, 3.8) is 0 Å². The summed E-state index contributed by atoms with van der Waals surface area (Å²) in [6, 6.07) is 9.22. The number of H-pyrrole nitrogens is 1. The number of nitrogens with zero attached hydrogens (tertiary/aromatic N) is 2. The molecule has 0 fully saturated rings. The SMILES string of the molecule is N#Cc1cccc(-n2c(=O)cc(Cl)[nH]c2=O)c1. The van der Waals surface area contributed by atoms with E-state index in [-0.39, 0.29) is 5.15 Å². The van der Waals surface area contributed by atoms with Crippen LogP contribution in [0.1, 0.15) is 5.56 Å². The average molecular weight is 248 g/mol. The molecule has 1 aromatic heterocycles. The minimum absolute atomic E-state index is 0.0207. The minimum atomic E-state index is -0.641. The van der Waals surface area contributed by atoms with Crippen LogP contribution in [0.4, 0.5) is 0 Å². The van der Waals surface area contributed by atoms with Crippen molar-refractivity contribution in [1.29, 1.82) is 5.26 Å². The fourth-order valence-electron chi connectivity index (χ4n) is 1.43. The number of nitrogens with one attached hydrogen (secondary N) is 1. The van der Waals surface area contributed by atoms with Crippen LogP contribution in [0.2, 0.25) is 5.15 Å². The maximum Gasteiger partial charge on any atom is 0.334 e. The lowest BCUT2D eigenvalue weighted by Crippen LogP contribution is -2.32. The quantitative estimate of drug-likeness (QED) is 0.765. The molecule has 1 aromatic carbocycles. The summed E-state index contributed by atoms with van der Waals surface area (Å²) in [7, 11) is 0. The molecule has 1 N–H and O–H groups in total. The van der Waals surface area contributed by atoms with Crippen LogP contribution in [0.3, 0.4) is 0 Å². The molecule has 0 unspecified atom stereocenters. The van der Waals surface area contributed by atoms with Crippen LogP contribution in [0.25, 0.3) is 5.69 Å². The predicted octanol–water partition coefficient (Wildman–Crippen LogP) is 1.05. The van der Waals surface area contributed by atoms with E-state index in [0.717, 1.165) is 10.6 Å². The Bertz CT molecular complexity index is 693. The molecule has 0 saturated heterocycles. The lowest BCUT2D eigenvalue weighted by molar-refractivity contribution is 0.875. The van der Waals surface area contributed by atoms with E-state index >= 15 is 0 Å². The summed E-state index contributed by atoms with van der Waals surface area (Å²) in [5, 5.41) is 8.73. The van der Waals surface area contributed by atoms with Gasteiger partial charge in [-0.3, -0.25) is 9.78 Å². The van der Waals surface area contributed by atoms with Crippen molar-refractivity contribution >= 4 is 11.6 Å². The van der Waals surface area contributed by atoms with Crippen LogP contribution in [0.15, 0.2) is 39.9 Å². The number of halogens is 1. The van der Waals surface area contributed by atoms with Crippen molar-refractivity contribution in [2.75, 3.05) is 0 Å². The maximum atomic E-state index is 11.6. The third-order valence-electron chi connectivity index (χ3n) is 2.13. The summed E-state index contributed by atoms with van der Waals surface area (Å²) in [5.41, 5.74) is -0.498. The number of aromatic nitrogens is 2. The number of hydrogen-bond acceptors (Lipinski definition) is 3. The van der Waals surface area contributed by atoms with Crippen molar-refractivity contribution in [2.45, 2.75) is 0 Å². The molecule has 0 spiro atoms. The number of rotatable bonds is 1. The second-order valence-electron chi connectivity index (χ2n) is 3.26. The Kier molecular flexibility index (Phi) is 2.81. The van der Waals surface area contributed by atoms with Crippen LogP contribution in [0, 0.1) is 11.3 Å². The second kappa shape index (κ2) is 4.28. The molecular formula is C11H6ClN3O2. The van der Waals surface area contributed by atoms with E-state index in [4.69, 9.17) is 16.9 Å². The van der Waals surface area contributed by atoms with Gasteiger partial charge in [-0.05, 0) is 18.2 Å². The van der Waals surface area contributed by atoms with Gasteiger partial charge in [0.2, 0.25) is 0 Å². The zero-order valence-electron chi connectivity index (χ0n) is 8.48. The van der Waals surface area contributed by atoms with Gasteiger partial charge in [-0.25, -0.2) is 9.36 Å². The lowest BCUT2D eigenvalue weighted by Gasteiger charge is -2.04. The fraction of sp³-hybridized carbons (Fsp3) is 0. The maximum absolute atomic E-state index is 11.6. The summed E-state index contributed by atoms with van der Waals surface area (Å²) >= 11 is 5.55. The molecule has 0 bridgehead atoms. The molecule has 0 aliphatic carbocycles. The Balaban J connectivity index is 2.74. The van der Waals surface area contributed by atoms with Gasteiger partial charge in [-0.15, -0.1) is 0 Å². The molecule has 2 rings (SSSR count). The van der Waals surface area contributed by atoms with Crippen LogP contribution in [0.5, 0.6) is 0 Å². The van der Waals surface area contributed by atoms with Crippen LogP contribution in [-0.2, 0) is 0 Å². The molecule has 84 valence electrons. The first-order valence-corrected chi connectivity index (χ1v) is 5.02. The first kappa shape index (κ1) is 11.2. The zero-order valence-corrected chi connectivity index (χ0v) is 9.23. The summed E-state index contributed by atoms with van der Waals surface area (Å²) < 4.78 is 0.909. The average Bonchev–Trinajstić information content (AvgIpc) is 2.28. The molecular weight excluding hydrogens is 242 g/mol. The Morgan fingerprint density at radius 2 is 2.06 bits per heavy atom. The summed E-state index contributed by atoms with van der Waals surface area (Å²) in [4.78, 5) is 25.5. The van der Waals surface area contributed by atoms with E-state index in [1.54, 1.807) is 18.2 Å². The van der Waals surface area contributed by atoms with Gasteiger partial charge in [0, 0.05) is 6.07 Å². The van der Waals surface area contributed by atoms with E-state index < -0.39 is 11.2 Å². The molecule has 17 heavy (non-hydrogen) atoms. The molecule has 0 aliphatic heterocycles. The first-order valence-electron chi connectivity index (χ1n) is 4.64. The third kappa shape index (κ3) is 2.12. The standard InChI is InChI=1S/C11H6ClN3O2/c12-9-5-10(16)15(11(17)14-9)8-3-1-2-7(4-8)6-13/h1-5H,(H,14,17). The molecule has 0 amide bonds. The number of aromatic amines is 1. The highest BCUT2D eigenvalue weighted by molar-refractivity contribution is 6.29. The zero-order chi connectivity index (χ0) is 12.4. The molecule has 6 heteroatoms. The van der Waals surface area contributed by atoms with E-state index in [2.05, 4.69) is 4.98 Å². The lowest BCUT2D eigenvalue weighted by atomic mass is 10.2. The van der Waals surface area contributed by atoms with Gasteiger partial charge in [0.05, 0.1) is 17.3 Å². The van der Waals surface area contributed by atoms with Crippen molar-refractivity contribution in [1.82, 2.24) is 9.55 Å². The topological polar surface area (TPSA) is 78.7 Å². The van der Waals surface area contributed by atoms with Crippen LogP contribution < -0.4 is 11.2 Å². The van der Waals surface area contributed by atoms with E-state index in [0.29, 0.717) is 11.3 Å². The number of nitriles is 1. The van der Waals surface area contributed by atoms with E-state index in [1.807, 2.05) is 6.07 Å². The molecule has 0 radical (unpaired) electrons. The van der Waals surface area contributed by atoms with Crippen LogP contribution in [-0.4, -0.2) is 9.55 Å². The van der Waals surface area contributed by atoms with Crippen molar-refractivity contribution in [3.8, 4) is 11.8 Å². The van der Waals surface area contributed by atoms with Crippen molar-refractivity contribution < 1.29 is 0 Å². The fourth-order valence-corrected chi connectivity index (χ4v) is 1.60. The van der Waals surface area contributed by atoms with Gasteiger partial charge >= 0.3 is 5.69 Å². The molecule has 0 aliphatic rings. The van der Waals surface area contributed by atoms with Gasteiger partial charge in [0.1, 0.15) is 5.15 Å². The largest absolute Gasteiger partial charge is 0.334 e. The summed E-state index contributed by atoms with van der Waals surface area (Å²) in [6.07, 6.45) is 0. The normalized spacial score (nSPS) is 9.88. The first-order chi connectivity index (χ1) is 8.11. The Hall–Kier alpha value is -2.32. The molecule has 5 nitrogen and oxygen atoms in total. The predicted molar refractivity (Wildman–Crippen MR) is 62.4 cm³/mol. The van der Waals surface area contributed by atoms with Crippen molar-refractivity contribution in [3.05, 3.63) is 61.9 Å². The highest BCUT2D eigenvalue weighted by Gasteiger charge is 2.06. The smallest absolute Gasteiger partial charge is 0.297 e. The Morgan fingerprint density at radius 1 is 1.29 bits per heavy atom. The van der Waals surface area contributed by atoms with Gasteiger partial charge in [0.15, 0.2) is 0 Å². The van der Waals surface area contributed by atoms with Gasteiger partial charge < -0.3 is 0 Å². The van der Waals surface area contributed by atoms with Crippen molar-refractivity contribution in [2.24, 2.45) is 0 Å². The number of hydrogen-bond donors (Lipinski definition) is 1. The summed E-state index contributed by atoms with van der Waals surface area (Å²) in [5.74, 6) is 0. The van der Waals surface area contributed by atoms with Gasteiger partial charge in [-0.1, -0.05) is 17.7 Å². The summed E-state index contributed by atoms with van der Waals surface area (Å²) in [6.45, 7) is 0. The van der Waals surface area contributed by atoms with Crippen LogP contribution >= 0.6 is 11.6 Å². The van der Waals surface area contributed by atoms with E-state index in [1.165, 1.54) is 6.07 Å². The monoisotopic (exact) mass is 247 g/mol.